The highest BCUT2D eigenvalue weighted by atomic mass is 35.7. The number of carbonyl (C=O) groups is 4. The molecule has 4 unspecified atom stereocenters. The number of methoxy groups -OCH3 is 3. The van der Waals surface area contributed by atoms with E-state index >= 15 is 0 Å². The predicted molar refractivity (Wildman–Crippen MR) is 178 cm³/mol. The first-order chi connectivity index (χ1) is 26.3. The van der Waals surface area contributed by atoms with Gasteiger partial charge in [0.2, 0.25) is 11.8 Å². The van der Waals surface area contributed by atoms with Gasteiger partial charge in [0.1, 0.15) is 24.4 Å². The van der Waals surface area contributed by atoms with Crippen molar-refractivity contribution >= 4 is 29.4 Å². The van der Waals surface area contributed by atoms with Crippen LogP contribution in [-0.4, -0.2) is 117 Å². The highest BCUT2D eigenvalue weighted by molar-refractivity contribution is 6.22. The lowest BCUT2D eigenvalue weighted by Gasteiger charge is -2.67. The number of benzene rings is 1. The Bertz CT molecular complexity index is 1750. The summed E-state index contributed by atoms with van der Waals surface area (Å²) in [6, 6.07) is 6.05. The molecule has 2 heterocycles. The number of ether oxygens (including phenoxy) is 5. The van der Waals surface area contributed by atoms with Gasteiger partial charge in [-0.2, -0.15) is 0 Å². The Kier molecular flexibility index (Phi) is 10.5. The molecule has 7 aliphatic rings. The van der Waals surface area contributed by atoms with Gasteiger partial charge in [-0.3, -0.25) is 14.4 Å². The second-order valence-electron chi connectivity index (χ2n) is 16.9. The van der Waals surface area contributed by atoms with E-state index in [-0.39, 0.29) is 66.4 Å². The van der Waals surface area contributed by atoms with E-state index in [1.807, 2.05) is 0 Å². The molecule has 1 aromatic rings. The van der Waals surface area contributed by atoms with E-state index in [1.54, 1.807) is 52.5 Å². The molecule has 17 nitrogen and oxygen atoms in total. The van der Waals surface area contributed by atoms with Crippen LogP contribution in [0.5, 0.6) is 0 Å². The van der Waals surface area contributed by atoms with E-state index in [0.717, 1.165) is 9.80 Å². The van der Waals surface area contributed by atoms with Crippen LogP contribution in [0.15, 0.2) is 24.3 Å². The molecule has 0 radical (unpaired) electrons. The van der Waals surface area contributed by atoms with Gasteiger partial charge < -0.3 is 38.8 Å². The number of anilines is 1. The minimum absolute atomic E-state index is 0.000782. The number of fused-ring (bicyclic) bond motifs is 2. The van der Waals surface area contributed by atoms with Crippen LogP contribution in [0.2, 0.25) is 0 Å². The molecule has 7 fully saturated rings. The number of esters is 2. The van der Waals surface area contributed by atoms with Gasteiger partial charge in [0.05, 0.1) is 53.5 Å². The zero-order valence-electron chi connectivity index (χ0n) is 32.3. The monoisotopic (exact) mass is 810 g/mol. The van der Waals surface area contributed by atoms with E-state index in [0.29, 0.717) is 32.4 Å². The summed E-state index contributed by atoms with van der Waals surface area (Å²) in [5.41, 5.74) is -4.58. The summed E-state index contributed by atoms with van der Waals surface area (Å²) in [6.45, 7) is 6.33. The summed E-state index contributed by atoms with van der Waals surface area (Å²) < 4.78 is 65.2. The smallest absolute Gasteiger partial charge is 0.340 e. The van der Waals surface area contributed by atoms with Gasteiger partial charge >= 0.3 is 11.9 Å². The van der Waals surface area contributed by atoms with Crippen LogP contribution >= 0.6 is 0 Å². The van der Waals surface area contributed by atoms with Crippen molar-refractivity contribution in [2.75, 3.05) is 45.9 Å². The number of para-hydroxylation sites is 1. The zero-order chi connectivity index (χ0) is 40.9. The third-order valence-electron chi connectivity index (χ3n) is 14.8. The molecule has 2 saturated heterocycles. The Balaban J connectivity index is 0.000000905. The van der Waals surface area contributed by atoms with Crippen molar-refractivity contribution in [1.82, 2.24) is 0 Å². The van der Waals surface area contributed by atoms with Gasteiger partial charge in [0.25, 0.3) is 0 Å². The fourth-order valence-electron chi connectivity index (χ4n) is 13.4. The normalized spacial score (nSPS) is 44.3. The number of aliphatic hydroxyl groups is 2. The molecule has 1 spiro atoms. The largest absolute Gasteiger partial charge is 0.462 e. The fraction of sp³-hybridized carbons (Fsp3) is 0.737. The lowest BCUT2D eigenvalue weighted by Crippen LogP contribution is -3.23. The minimum Gasteiger partial charge on any atom is -0.462 e. The molecule has 0 aromatic heterocycles. The molecule has 5 saturated carbocycles. The Labute approximate surface area is 326 Å². The van der Waals surface area contributed by atoms with Crippen LogP contribution < -0.4 is 28.4 Å². The third kappa shape index (κ3) is 5.64. The molecule has 7 bridgehead atoms. The van der Waals surface area contributed by atoms with E-state index in [1.165, 1.54) is 6.92 Å². The van der Waals surface area contributed by atoms with Gasteiger partial charge in [-0.15, -0.1) is 10.2 Å². The van der Waals surface area contributed by atoms with Gasteiger partial charge in [-0.1, -0.05) is 19.1 Å². The standard InChI is InChI=1S/C38H50N2O11.ClHO4/c1-7-39-17-35(18-50-33(44)21-10-8-9-11-24(21)40-27(42)14-19(2)32(40)43)13-12-26(48-5)37-23-15-22-25(47-4)16-36(45,28(23)29(22)51-20(3)41)38(46,34(37)39)31(49-6)30(35)37;2-1(3,4)5/h8-11,19,22-23,25-26,28-31,34,45-46H,7,12-18H2,1-6H3;(H,2,3,4,5)/t19?,22-,23-,25+,26+,28?,29+,30-,31+,34-,35+,36-,37?,38-;/m1./s1. The fourth-order valence-corrected chi connectivity index (χ4v) is 13.4. The number of hydrogen-bond donors (Lipinski definition) is 3. The summed E-state index contributed by atoms with van der Waals surface area (Å²) >= 11 is 0. The molecule has 2 amide bonds. The average Bonchev–Trinajstić information content (AvgIpc) is 3.64. The van der Waals surface area contributed by atoms with Crippen LogP contribution in [0.25, 0.3) is 0 Å². The zero-order valence-corrected chi connectivity index (χ0v) is 33.0. The summed E-state index contributed by atoms with van der Waals surface area (Å²) in [7, 11) is -0.0687. The number of likely N-dealkylation sites (N-methyl/N-ethyl adjacent to an activating group) is 1. The molecule has 8 rings (SSSR count). The molecule has 18 heteroatoms. The van der Waals surface area contributed by atoms with Crippen molar-refractivity contribution in [2.45, 2.75) is 94.5 Å². The second kappa shape index (κ2) is 14.2. The van der Waals surface area contributed by atoms with Crippen LogP contribution in [0.3, 0.4) is 0 Å². The first-order valence-electron chi connectivity index (χ1n) is 19.1. The van der Waals surface area contributed by atoms with Crippen LogP contribution in [0.4, 0.5) is 5.69 Å². The molecule has 1 aromatic carbocycles. The van der Waals surface area contributed by atoms with Crippen LogP contribution in [0, 0.1) is 50.7 Å². The summed E-state index contributed by atoms with van der Waals surface area (Å²) in [5.74, 6) is -3.65. The number of quaternary nitrogens is 1. The Hall–Kier alpha value is -2.81. The predicted octanol–water partition coefficient (Wildman–Crippen LogP) is -4.22. The lowest BCUT2D eigenvalue weighted by molar-refractivity contribution is -2.00. The molecule has 310 valence electrons. The second-order valence-corrected chi connectivity index (χ2v) is 17.6. The number of nitrogens with zero attached hydrogens (tertiary/aromatic N) is 1. The number of piperidine rings is 1. The summed E-state index contributed by atoms with van der Waals surface area (Å²) in [4.78, 5) is 54.7. The first kappa shape index (κ1) is 41.4. The molecule has 15 atom stereocenters. The van der Waals surface area contributed by atoms with Crippen molar-refractivity contribution in [2.24, 2.45) is 40.4 Å². The number of likely N-dealkylation sites (tertiary alicyclic amines) is 1. The maximum absolute atomic E-state index is 14.1. The molecular weight excluding hydrogens is 760 g/mol. The number of nitrogens with one attached hydrogen (secondary N) is 1. The maximum Gasteiger partial charge on any atom is 0.340 e. The summed E-state index contributed by atoms with van der Waals surface area (Å²) in [5, 5.41) is 26.7. The third-order valence-corrected chi connectivity index (χ3v) is 14.8. The van der Waals surface area contributed by atoms with E-state index < -0.39 is 80.4 Å². The van der Waals surface area contributed by atoms with E-state index in [9.17, 15) is 29.4 Å². The molecule has 56 heavy (non-hydrogen) atoms. The number of carbonyl (C=O) groups excluding carboxylic acids is 4. The number of halogens is 1. The van der Waals surface area contributed by atoms with Crippen molar-refractivity contribution < 1.29 is 86.9 Å². The number of rotatable bonds is 9. The van der Waals surface area contributed by atoms with Crippen molar-refractivity contribution in [3.05, 3.63) is 29.8 Å². The average molecular weight is 811 g/mol. The Morgan fingerprint density at radius 1 is 1.05 bits per heavy atom. The van der Waals surface area contributed by atoms with Crippen molar-refractivity contribution in [3.8, 4) is 0 Å². The number of amides is 2. The topological polar surface area (TPSA) is 255 Å². The van der Waals surface area contributed by atoms with E-state index in [4.69, 9.17) is 42.3 Å². The maximum atomic E-state index is 14.1. The van der Waals surface area contributed by atoms with Gasteiger partial charge in [0, 0.05) is 64.8 Å². The van der Waals surface area contributed by atoms with Gasteiger partial charge in [-0.05, 0) is 44.2 Å². The van der Waals surface area contributed by atoms with Gasteiger partial charge in [-0.25, -0.2) is 28.3 Å². The van der Waals surface area contributed by atoms with E-state index in [2.05, 4.69) is 6.92 Å². The van der Waals surface area contributed by atoms with Crippen LogP contribution in [0.1, 0.15) is 63.2 Å². The SMILES string of the molecule is CC[NH+]1C[C@]2(COC(=O)c3ccccc3N3C(=O)CC(C)C3=O)CC[C@H](OC)C34[C@@H]5C[C@@H]6[C@@H](OC)C[C@@](O)(C5[C@H]6OC(C)=O)[C@](O)([C@H]13)[C@@H](OC)[C@@H]42.[O-][Cl+3]([O-])([O-])[O-]. The molecular formula is C38H51ClN2O15. The molecule has 3 N–H and O–H groups in total. The Morgan fingerprint density at radius 2 is 1.73 bits per heavy atom. The van der Waals surface area contributed by atoms with Crippen molar-refractivity contribution in [1.29, 1.82) is 0 Å². The Morgan fingerprint density at radius 3 is 2.30 bits per heavy atom. The summed E-state index contributed by atoms with van der Waals surface area (Å²) in [6.07, 6.45) is -0.179. The van der Waals surface area contributed by atoms with Crippen LogP contribution in [-0.2, 0) is 38.1 Å². The van der Waals surface area contributed by atoms with Crippen molar-refractivity contribution in [3.63, 3.8) is 0 Å². The van der Waals surface area contributed by atoms with Gasteiger partial charge in [0.15, 0.2) is 5.60 Å². The highest BCUT2D eigenvalue weighted by Crippen LogP contribution is 2.78. The number of hydrogen-bond acceptors (Lipinski definition) is 15. The quantitative estimate of drug-likeness (QED) is 0.158. The number of imide groups is 1. The lowest BCUT2D eigenvalue weighted by atomic mass is 9.42. The first-order valence-corrected chi connectivity index (χ1v) is 20.3. The molecule has 2 aliphatic heterocycles. The highest BCUT2D eigenvalue weighted by Gasteiger charge is 2.94. The molecule has 5 aliphatic carbocycles. The minimum atomic E-state index is -4.94.